The summed E-state index contributed by atoms with van der Waals surface area (Å²) >= 11 is 0. The molecule has 2 nitrogen and oxygen atoms in total. The van der Waals surface area contributed by atoms with E-state index in [1.165, 1.54) is 25.5 Å². The molecule has 1 aliphatic heterocycles. The van der Waals surface area contributed by atoms with Crippen LogP contribution in [0, 0.1) is 18.4 Å². The molecular weight excluding hydrogens is 239 g/mol. The van der Waals surface area contributed by atoms with Crippen LogP contribution in [-0.4, -0.2) is 31.1 Å². The van der Waals surface area contributed by atoms with Crippen molar-refractivity contribution in [1.29, 1.82) is 0 Å². The second-order valence-electron chi connectivity index (χ2n) is 3.86. The van der Waals surface area contributed by atoms with Crippen LogP contribution >= 0.6 is 0 Å². The van der Waals surface area contributed by atoms with E-state index in [4.69, 9.17) is 4.74 Å². The van der Waals surface area contributed by atoms with Crippen LogP contribution in [0.25, 0.3) is 0 Å². The van der Waals surface area contributed by atoms with Gasteiger partial charge in [0.2, 0.25) is 0 Å². The van der Waals surface area contributed by atoms with E-state index in [1.807, 2.05) is 0 Å². The molecule has 2 fully saturated rings. The zero-order valence-corrected chi connectivity index (χ0v) is 11.2. The summed E-state index contributed by atoms with van der Waals surface area (Å²) in [6, 6.07) is 0. The van der Waals surface area contributed by atoms with Crippen LogP contribution in [0.15, 0.2) is 0 Å². The molecule has 2 aliphatic rings. The van der Waals surface area contributed by atoms with Crippen LogP contribution < -0.4 is 0 Å². The third-order valence-corrected chi connectivity index (χ3v) is 3.06. The van der Waals surface area contributed by atoms with Gasteiger partial charge in [0.25, 0.3) is 0 Å². The maximum Gasteiger partial charge on any atom is 0 e. The summed E-state index contributed by atoms with van der Waals surface area (Å²) in [6.07, 6.45) is 3.97. The summed E-state index contributed by atoms with van der Waals surface area (Å²) in [5, 5.41) is 0. The van der Waals surface area contributed by atoms with E-state index in [9.17, 15) is 0 Å². The second-order valence-corrected chi connectivity index (χ2v) is 3.86. The first-order chi connectivity index (χ1) is 5.80. The molecule has 13 heavy (non-hydrogen) atoms. The third kappa shape index (κ3) is 2.34. The van der Waals surface area contributed by atoms with Gasteiger partial charge in [-0.3, -0.25) is 0 Å². The Kier molecular flexibility index (Phi) is 4.37. The molecule has 0 aromatic rings. The normalized spacial score (nSPS) is 26.3. The van der Waals surface area contributed by atoms with Crippen molar-refractivity contribution in [3.05, 3.63) is 13.0 Å². The van der Waals surface area contributed by atoms with Gasteiger partial charge in [0.05, 0.1) is 0 Å². The zero-order valence-electron chi connectivity index (χ0n) is 8.38. The first-order valence-electron chi connectivity index (χ1n) is 4.81. The number of nitrogens with zero attached hydrogens (tertiary/aromatic N) is 1. The van der Waals surface area contributed by atoms with Crippen molar-refractivity contribution in [1.82, 2.24) is 4.90 Å². The van der Waals surface area contributed by atoms with Crippen LogP contribution in [0.4, 0.5) is 0 Å². The average Bonchev–Trinajstić information content (AvgIpc) is 2.74. The number of hydrogen-bond acceptors (Lipinski definition) is 2. The Bertz CT molecular complexity index is 170. The van der Waals surface area contributed by atoms with Crippen molar-refractivity contribution >= 4 is 0 Å². The van der Waals surface area contributed by atoms with Crippen LogP contribution in [0.2, 0.25) is 0 Å². The second kappa shape index (κ2) is 4.70. The van der Waals surface area contributed by atoms with Gasteiger partial charge < -0.3 is 16.6 Å². The van der Waals surface area contributed by atoms with Gasteiger partial charge in [-0.15, -0.1) is 18.6 Å². The average molecular weight is 256 g/mol. The Morgan fingerprint density at radius 3 is 2.69 bits per heavy atom. The molecular formula is C10H17NOY-2. The molecule has 0 aromatic carbocycles. The van der Waals surface area contributed by atoms with Crippen LogP contribution in [0.3, 0.4) is 0 Å². The third-order valence-electron chi connectivity index (χ3n) is 3.06. The van der Waals surface area contributed by atoms with E-state index in [0.29, 0.717) is 12.0 Å². The van der Waals surface area contributed by atoms with Gasteiger partial charge in [0, 0.05) is 32.7 Å². The van der Waals surface area contributed by atoms with Crippen molar-refractivity contribution in [2.24, 2.45) is 5.41 Å². The number of rotatable bonds is 3. The first-order valence-corrected chi connectivity index (χ1v) is 4.81. The van der Waals surface area contributed by atoms with Crippen LogP contribution in [-0.2, 0) is 37.4 Å². The quantitative estimate of drug-likeness (QED) is 0.709. The molecule has 1 radical (unpaired) electrons. The molecule has 0 atom stereocenters. The van der Waals surface area contributed by atoms with E-state index in [-0.39, 0.29) is 32.7 Å². The molecule has 0 unspecified atom stereocenters. The van der Waals surface area contributed by atoms with Crippen molar-refractivity contribution in [3.63, 3.8) is 0 Å². The Labute approximate surface area is 106 Å². The predicted molar refractivity (Wildman–Crippen MR) is 48.3 cm³/mol. The number of likely N-dealkylation sites (tertiary alicyclic amines) is 1. The van der Waals surface area contributed by atoms with Gasteiger partial charge >= 0.3 is 0 Å². The Morgan fingerprint density at radius 1 is 1.54 bits per heavy atom. The molecule has 1 heterocycles. The Morgan fingerprint density at radius 2 is 2.23 bits per heavy atom. The molecule has 0 aromatic heterocycles. The van der Waals surface area contributed by atoms with Crippen LogP contribution in [0.1, 0.15) is 19.8 Å². The largest absolute Gasteiger partial charge is 0.573 e. The van der Waals surface area contributed by atoms with Crippen molar-refractivity contribution < 1.29 is 37.4 Å². The molecule has 1 saturated heterocycles. The van der Waals surface area contributed by atoms with Gasteiger partial charge in [-0.05, 0) is 13.1 Å². The fourth-order valence-electron chi connectivity index (χ4n) is 2.08. The minimum Gasteiger partial charge on any atom is -0.573 e. The molecule has 3 heteroatoms. The zero-order chi connectivity index (χ0) is 8.60. The van der Waals surface area contributed by atoms with Crippen molar-refractivity contribution in [2.75, 3.05) is 26.2 Å². The van der Waals surface area contributed by atoms with Gasteiger partial charge in [-0.25, -0.2) is 0 Å². The summed E-state index contributed by atoms with van der Waals surface area (Å²) in [5.74, 6) is 0. The Balaban J connectivity index is 0.000000845. The topological polar surface area (TPSA) is 12.5 Å². The van der Waals surface area contributed by atoms with Crippen molar-refractivity contribution in [2.45, 2.75) is 19.8 Å². The monoisotopic (exact) mass is 256 g/mol. The minimum atomic E-state index is 0. The number of likely N-dealkylation sites (N-methyl/N-ethyl adjacent to an activating group) is 1. The maximum atomic E-state index is 5.58. The molecule has 1 spiro atoms. The Hall–Kier alpha value is 1.02. The summed E-state index contributed by atoms with van der Waals surface area (Å²) in [7, 11) is 0. The maximum absolute atomic E-state index is 5.58. The summed E-state index contributed by atoms with van der Waals surface area (Å²) in [4.78, 5) is 2.46. The fraction of sp³-hybridized carbons (Fsp3) is 0.800. The molecule has 0 N–H and O–H groups in total. The van der Waals surface area contributed by atoms with E-state index in [1.54, 1.807) is 0 Å². The molecule has 0 amide bonds. The van der Waals surface area contributed by atoms with Gasteiger partial charge in [-0.1, -0.05) is 19.8 Å². The summed E-state index contributed by atoms with van der Waals surface area (Å²) in [6.45, 7) is 9.95. The fourth-order valence-corrected chi connectivity index (χ4v) is 2.08. The standard InChI is InChI=1S/C10H17NO.Y/c1-3-11-7-9(12-4-2)10(8-11)5-6-10;/h2-8H2,1H3;/q-2;. The molecule has 1 aliphatic carbocycles. The first kappa shape index (κ1) is 12.1. The molecule has 73 valence electrons. The summed E-state index contributed by atoms with van der Waals surface area (Å²) in [5.41, 5.74) is 0.466. The molecule has 1 saturated carbocycles. The van der Waals surface area contributed by atoms with E-state index in [0.717, 1.165) is 13.1 Å². The van der Waals surface area contributed by atoms with Gasteiger partial charge in [0.1, 0.15) is 0 Å². The van der Waals surface area contributed by atoms with Crippen molar-refractivity contribution in [3.8, 4) is 0 Å². The van der Waals surface area contributed by atoms with Crippen LogP contribution in [0.5, 0.6) is 0 Å². The van der Waals surface area contributed by atoms with E-state index in [2.05, 4.69) is 18.7 Å². The smallest absolute Gasteiger partial charge is 0 e. The number of hydrogen-bond donors (Lipinski definition) is 0. The van der Waals surface area contributed by atoms with E-state index < -0.39 is 0 Å². The SMILES string of the molecule is [CH2-]CO[C-]1CN(CC)CC12CC2.[Y]. The van der Waals surface area contributed by atoms with E-state index >= 15 is 0 Å². The minimum absolute atomic E-state index is 0. The van der Waals surface area contributed by atoms with Gasteiger partial charge in [0.15, 0.2) is 0 Å². The molecule has 2 rings (SSSR count). The molecule has 0 bridgehead atoms. The van der Waals surface area contributed by atoms with Gasteiger partial charge in [-0.2, -0.15) is 6.10 Å². The summed E-state index contributed by atoms with van der Waals surface area (Å²) < 4.78 is 5.58. The predicted octanol–water partition coefficient (Wildman–Crippen LogP) is 1.48. The number of ether oxygens (including phenoxy) is 1.